The Balaban J connectivity index is 1.82. The van der Waals surface area contributed by atoms with Crippen LogP contribution in [-0.4, -0.2) is 76.1 Å². The molecule has 0 bridgehead atoms. The van der Waals surface area contributed by atoms with Crippen LogP contribution in [0.25, 0.3) is 0 Å². The van der Waals surface area contributed by atoms with Gasteiger partial charge in [0, 0.05) is 45.3 Å². The van der Waals surface area contributed by atoms with Crippen molar-refractivity contribution in [2.24, 2.45) is 0 Å². The Hall–Kier alpha value is -0.900. The van der Waals surface area contributed by atoms with E-state index in [1.807, 2.05) is 4.72 Å². The van der Waals surface area contributed by atoms with Crippen LogP contribution in [0.3, 0.4) is 0 Å². The van der Waals surface area contributed by atoms with Crippen molar-refractivity contribution in [1.82, 2.24) is 19.2 Å². The molecule has 8 nitrogen and oxygen atoms in total. The summed E-state index contributed by atoms with van der Waals surface area (Å²) in [6, 6.07) is 0.251. The van der Waals surface area contributed by atoms with Crippen molar-refractivity contribution < 1.29 is 17.9 Å². The normalized spacial score (nSPS) is 23.4. The Morgan fingerprint density at radius 1 is 1.33 bits per heavy atom. The van der Waals surface area contributed by atoms with E-state index in [2.05, 4.69) is 15.0 Å². The molecule has 18 heavy (non-hydrogen) atoms. The van der Waals surface area contributed by atoms with Crippen LogP contribution >= 0.6 is 0 Å². The molecule has 9 heteroatoms. The lowest BCUT2D eigenvalue weighted by Crippen LogP contribution is -2.65. The van der Waals surface area contributed by atoms with Crippen LogP contribution in [0.4, 0.5) is 4.79 Å². The third-order valence-corrected chi connectivity index (χ3v) is 4.64. The average molecular weight is 278 g/mol. The highest BCUT2D eigenvalue weighted by molar-refractivity contribution is 7.87. The third kappa shape index (κ3) is 2.91. The molecular formula is C9H18N4O4S. The molecule has 0 unspecified atom stereocenters. The molecule has 0 spiro atoms. The van der Waals surface area contributed by atoms with Gasteiger partial charge >= 0.3 is 16.3 Å². The molecule has 0 aromatic rings. The number of methoxy groups -OCH3 is 1. The van der Waals surface area contributed by atoms with E-state index in [1.54, 1.807) is 0 Å². The minimum atomic E-state index is -3.74. The monoisotopic (exact) mass is 278 g/mol. The summed E-state index contributed by atoms with van der Waals surface area (Å²) in [6.07, 6.45) is -0.958. The molecule has 0 aliphatic carbocycles. The van der Waals surface area contributed by atoms with E-state index in [0.717, 1.165) is 33.3 Å². The third-order valence-electron chi connectivity index (χ3n) is 3.23. The van der Waals surface area contributed by atoms with E-state index in [1.165, 1.54) is 4.31 Å². The zero-order valence-corrected chi connectivity index (χ0v) is 11.1. The number of carbonyl (C=O) groups excluding carboxylic acids is 1. The van der Waals surface area contributed by atoms with Gasteiger partial charge in [0.25, 0.3) is 0 Å². The van der Waals surface area contributed by atoms with E-state index in [0.29, 0.717) is 13.1 Å². The topological polar surface area (TPSA) is 91.0 Å². The van der Waals surface area contributed by atoms with Gasteiger partial charge in [0.1, 0.15) is 0 Å². The first-order chi connectivity index (χ1) is 8.53. The minimum Gasteiger partial charge on any atom is -0.452 e. The van der Waals surface area contributed by atoms with Gasteiger partial charge < -0.3 is 10.1 Å². The molecule has 2 aliphatic rings. The van der Waals surface area contributed by atoms with Gasteiger partial charge in [-0.25, -0.2) is 9.52 Å². The fourth-order valence-corrected chi connectivity index (χ4v) is 3.26. The van der Waals surface area contributed by atoms with Crippen molar-refractivity contribution in [1.29, 1.82) is 0 Å². The van der Waals surface area contributed by atoms with Gasteiger partial charge in [-0.2, -0.15) is 12.7 Å². The lowest BCUT2D eigenvalue weighted by Gasteiger charge is -2.45. The van der Waals surface area contributed by atoms with E-state index in [9.17, 15) is 13.2 Å². The summed E-state index contributed by atoms with van der Waals surface area (Å²) in [5.74, 6) is 0. The van der Waals surface area contributed by atoms with Crippen molar-refractivity contribution in [2.75, 3.05) is 46.4 Å². The molecule has 2 N–H and O–H groups in total. The predicted molar refractivity (Wildman–Crippen MR) is 64.3 cm³/mol. The molecule has 1 amide bonds. The Morgan fingerprint density at radius 3 is 2.50 bits per heavy atom. The second kappa shape index (κ2) is 5.39. The molecule has 2 saturated heterocycles. The zero-order chi connectivity index (χ0) is 13.2. The number of carbonyl (C=O) groups is 1. The number of piperazine rings is 1. The largest absolute Gasteiger partial charge is 0.452 e. The van der Waals surface area contributed by atoms with E-state index >= 15 is 0 Å². The number of ether oxygens (including phenoxy) is 1. The van der Waals surface area contributed by atoms with Gasteiger partial charge in [0.05, 0.1) is 7.11 Å². The van der Waals surface area contributed by atoms with Gasteiger partial charge in [0.2, 0.25) is 0 Å². The first-order valence-corrected chi connectivity index (χ1v) is 7.27. The van der Waals surface area contributed by atoms with Crippen LogP contribution in [0.2, 0.25) is 0 Å². The Kier molecular flexibility index (Phi) is 4.05. The number of amides is 1. The molecule has 104 valence electrons. The SMILES string of the molecule is COC(=O)NS(=O)(=O)N1CC(N2CCNCC2)C1. The summed E-state index contributed by atoms with van der Waals surface area (Å²) >= 11 is 0. The fourth-order valence-electron chi connectivity index (χ4n) is 2.10. The van der Waals surface area contributed by atoms with Crippen LogP contribution in [0.5, 0.6) is 0 Å². The lowest BCUT2D eigenvalue weighted by atomic mass is 10.1. The van der Waals surface area contributed by atoms with Crippen LogP contribution in [-0.2, 0) is 14.9 Å². The van der Waals surface area contributed by atoms with Crippen molar-refractivity contribution in [3.8, 4) is 0 Å². The van der Waals surface area contributed by atoms with Crippen LogP contribution < -0.4 is 10.0 Å². The second-order valence-corrected chi connectivity index (χ2v) is 6.03. The van der Waals surface area contributed by atoms with Gasteiger partial charge in [-0.05, 0) is 0 Å². The molecule has 2 fully saturated rings. The number of nitrogens with one attached hydrogen (secondary N) is 2. The highest BCUT2D eigenvalue weighted by Gasteiger charge is 2.39. The summed E-state index contributed by atoms with van der Waals surface area (Å²) in [5, 5.41) is 3.25. The quantitative estimate of drug-likeness (QED) is 0.631. The number of hydrogen-bond donors (Lipinski definition) is 2. The van der Waals surface area contributed by atoms with Crippen molar-refractivity contribution >= 4 is 16.3 Å². The zero-order valence-electron chi connectivity index (χ0n) is 10.3. The van der Waals surface area contributed by atoms with Crippen molar-refractivity contribution in [3.63, 3.8) is 0 Å². The highest BCUT2D eigenvalue weighted by atomic mass is 32.2. The molecule has 2 aliphatic heterocycles. The minimum absolute atomic E-state index is 0.251. The Labute approximate surface area is 106 Å². The summed E-state index contributed by atoms with van der Waals surface area (Å²) in [7, 11) is -2.61. The highest BCUT2D eigenvalue weighted by Crippen LogP contribution is 2.18. The van der Waals surface area contributed by atoms with Crippen LogP contribution in [0.1, 0.15) is 0 Å². The second-order valence-electron chi connectivity index (χ2n) is 4.36. The maximum Gasteiger partial charge on any atom is 0.421 e. The first-order valence-electron chi connectivity index (χ1n) is 5.83. The first kappa shape index (κ1) is 13.5. The smallest absolute Gasteiger partial charge is 0.421 e. The van der Waals surface area contributed by atoms with Gasteiger partial charge in [-0.3, -0.25) is 4.90 Å². The molecule has 0 aromatic carbocycles. The van der Waals surface area contributed by atoms with E-state index in [-0.39, 0.29) is 6.04 Å². The van der Waals surface area contributed by atoms with E-state index in [4.69, 9.17) is 0 Å². The number of rotatable bonds is 3. The molecule has 2 heterocycles. The summed E-state index contributed by atoms with van der Waals surface area (Å²) < 4.78 is 30.7. The molecule has 0 radical (unpaired) electrons. The standard InChI is InChI=1S/C9H18N4O4S/c1-17-9(14)11-18(15,16)13-6-8(7-13)12-4-2-10-3-5-12/h8,10H,2-7H2,1H3,(H,11,14). The maximum absolute atomic E-state index is 11.7. The number of nitrogens with zero attached hydrogens (tertiary/aromatic N) is 2. The molecule has 0 aromatic heterocycles. The molecule has 0 atom stereocenters. The maximum atomic E-state index is 11.7. The van der Waals surface area contributed by atoms with Crippen LogP contribution in [0, 0.1) is 0 Å². The van der Waals surface area contributed by atoms with E-state index < -0.39 is 16.3 Å². The van der Waals surface area contributed by atoms with Gasteiger partial charge in [-0.15, -0.1) is 0 Å². The molecular weight excluding hydrogens is 260 g/mol. The summed E-state index contributed by atoms with van der Waals surface area (Å²) in [5.41, 5.74) is 0. The molecule has 2 rings (SSSR count). The average Bonchev–Trinajstić information content (AvgIpc) is 2.27. The predicted octanol–water partition coefficient (Wildman–Crippen LogP) is -1.82. The van der Waals surface area contributed by atoms with Crippen LogP contribution in [0.15, 0.2) is 0 Å². The summed E-state index contributed by atoms with van der Waals surface area (Å²) in [4.78, 5) is 13.2. The van der Waals surface area contributed by atoms with Gasteiger partial charge in [-0.1, -0.05) is 0 Å². The Bertz CT molecular complexity index is 401. The van der Waals surface area contributed by atoms with Crippen molar-refractivity contribution in [3.05, 3.63) is 0 Å². The fraction of sp³-hybridized carbons (Fsp3) is 0.889. The van der Waals surface area contributed by atoms with Crippen molar-refractivity contribution in [2.45, 2.75) is 6.04 Å². The number of hydrogen-bond acceptors (Lipinski definition) is 6. The lowest BCUT2D eigenvalue weighted by molar-refractivity contribution is 0.0763. The molecule has 0 saturated carbocycles. The van der Waals surface area contributed by atoms with Gasteiger partial charge in [0.15, 0.2) is 0 Å². The summed E-state index contributed by atoms with van der Waals surface area (Å²) in [6.45, 7) is 4.58. The Morgan fingerprint density at radius 2 is 1.94 bits per heavy atom.